The number of hydrogen-bond donors (Lipinski definition) is 3. The highest BCUT2D eigenvalue weighted by Crippen LogP contribution is 2.44. The lowest BCUT2D eigenvalue weighted by Crippen LogP contribution is -2.16. The summed E-state index contributed by atoms with van der Waals surface area (Å²) in [5, 5.41) is 39.3. The topological polar surface area (TPSA) is 69.9 Å². The minimum Gasteiger partial charge on any atom is -0.507 e. The van der Waals surface area contributed by atoms with Gasteiger partial charge in [-0.2, -0.15) is 0 Å². The van der Waals surface area contributed by atoms with E-state index in [1.807, 2.05) is 0 Å². The van der Waals surface area contributed by atoms with Crippen LogP contribution < -0.4 is 4.74 Å². The quantitative estimate of drug-likeness (QED) is 0.166. The van der Waals surface area contributed by atoms with Gasteiger partial charge in [0.2, 0.25) is 0 Å². The number of rotatable bonds is 3. The molecule has 0 aliphatic heterocycles. The monoisotopic (exact) mass is 802 g/mol. The lowest BCUT2D eigenvalue weighted by molar-refractivity contribution is 0.223. The number of fused-ring (bicyclic) bond motifs is 9. The molecular formula is C56H66O4. The number of hydrogen-bond acceptors (Lipinski definition) is 4. The molecule has 0 spiro atoms. The first-order valence-electron chi connectivity index (χ1n) is 21.7. The smallest absolute Gasteiger partial charge is 0.127 e. The van der Waals surface area contributed by atoms with Crippen LogP contribution in [-0.2, 0) is 47.3 Å². The van der Waals surface area contributed by atoms with Gasteiger partial charge in [-0.3, -0.25) is 0 Å². The molecular weight excluding hydrogens is 737 g/mol. The summed E-state index contributed by atoms with van der Waals surface area (Å²) in [6, 6.07) is 32.2. The molecule has 0 fully saturated rings. The molecule has 0 saturated heterocycles. The SMILES string of the molecule is C[C@H](Oc1c2cc(C(C)(C)C)cc1Cc1cc(C(C)(C)C)cc(c1O)Cc1cc(C(C)(C)C)cc(c1O)Cc1cc(C(C)(C)C)cc(c1O)C2)c1ccc2ccccc2c1. The van der Waals surface area contributed by atoms with Gasteiger partial charge in [-0.15, -0.1) is 0 Å². The molecule has 1 aliphatic carbocycles. The molecule has 314 valence electrons. The summed E-state index contributed by atoms with van der Waals surface area (Å²) in [5.41, 5.74) is 11.4. The van der Waals surface area contributed by atoms with Crippen LogP contribution in [0.2, 0.25) is 0 Å². The number of phenols is 3. The predicted molar refractivity (Wildman–Crippen MR) is 250 cm³/mol. The molecule has 0 saturated carbocycles. The van der Waals surface area contributed by atoms with E-state index in [4.69, 9.17) is 4.74 Å². The minimum absolute atomic E-state index is 0.196. The van der Waals surface area contributed by atoms with Gasteiger partial charge in [0.1, 0.15) is 29.1 Å². The second-order valence-corrected chi connectivity index (χ2v) is 21.6. The van der Waals surface area contributed by atoms with E-state index in [-0.39, 0.29) is 45.0 Å². The average molecular weight is 803 g/mol. The van der Waals surface area contributed by atoms with Gasteiger partial charge < -0.3 is 20.1 Å². The average Bonchev–Trinajstić information content (AvgIpc) is 3.14. The Balaban J connectivity index is 1.54. The van der Waals surface area contributed by atoms with Crippen LogP contribution in [-0.4, -0.2) is 15.3 Å². The summed E-state index contributed by atoms with van der Waals surface area (Å²) in [4.78, 5) is 0. The van der Waals surface area contributed by atoms with Crippen molar-refractivity contribution < 1.29 is 20.1 Å². The summed E-state index contributed by atoms with van der Waals surface area (Å²) in [6.07, 6.45) is 1.26. The Morgan fingerprint density at radius 3 is 1.03 bits per heavy atom. The molecule has 60 heavy (non-hydrogen) atoms. The van der Waals surface area contributed by atoms with E-state index in [1.54, 1.807) is 0 Å². The van der Waals surface area contributed by atoms with Crippen LogP contribution in [0.1, 0.15) is 168 Å². The Labute approximate surface area is 359 Å². The lowest BCUT2D eigenvalue weighted by Gasteiger charge is -2.28. The first-order valence-corrected chi connectivity index (χ1v) is 21.7. The Hall–Kier alpha value is -5.22. The summed E-state index contributed by atoms with van der Waals surface area (Å²) >= 11 is 0. The molecule has 4 heteroatoms. The number of phenolic OH excluding ortho intramolecular Hbond substituents is 3. The van der Waals surface area contributed by atoms with E-state index < -0.39 is 0 Å². The molecule has 1 atom stereocenters. The Bertz CT molecular complexity index is 2480. The second-order valence-electron chi connectivity index (χ2n) is 21.6. The molecule has 6 aromatic rings. The predicted octanol–water partition coefficient (Wildman–Crippen LogP) is 14.0. The van der Waals surface area contributed by atoms with Crippen molar-refractivity contribution in [3.05, 3.63) is 163 Å². The van der Waals surface area contributed by atoms with Gasteiger partial charge >= 0.3 is 0 Å². The highest BCUT2D eigenvalue weighted by molar-refractivity contribution is 5.83. The molecule has 0 amide bonds. The third kappa shape index (κ3) is 8.80. The third-order valence-electron chi connectivity index (χ3n) is 12.6. The van der Waals surface area contributed by atoms with E-state index in [1.165, 1.54) is 5.39 Å². The molecule has 0 unspecified atom stereocenters. The molecule has 0 radical (unpaired) electrons. The summed E-state index contributed by atoms with van der Waals surface area (Å²) in [5.74, 6) is 1.47. The van der Waals surface area contributed by atoms with Crippen molar-refractivity contribution >= 4 is 10.8 Å². The molecule has 8 bridgehead atoms. The zero-order valence-electron chi connectivity index (χ0n) is 38.3. The van der Waals surface area contributed by atoms with Crippen LogP contribution in [0, 0.1) is 0 Å². The van der Waals surface area contributed by atoms with E-state index in [0.29, 0.717) is 25.7 Å². The Kier molecular flexibility index (Phi) is 11.0. The summed E-state index contributed by atoms with van der Waals surface area (Å²) in [7, 11) is 0. The van der Waals surface area contributed by atoms with Crippen LogP contribution in [0.15, 0.2) is 91.0 Å². The van der Waals surface area contributed by atoms with Crippen molar-refractivity contribution in [1.82, 2.24) is 0 Å². The summed E-state index contributed by atoms with van der Waals surface area (Å²) < 4.78 is 7.24. The largest absolute Gasteiger partial charge is 0.507 e. The molecule has 0 aromatic heterocycles. The Morgan fingerprint density at radius 1 is 0.400 bits per heavy atom. The van der Waals surface area contributed by atoms with Gasteiger partial charge in [0.25, 0.3) is 0 Å². The lowest BCUT2D eigenvalue weighted by atomic mass is 9.79. The molecule has 3 N–H and O–H groups in total. The van der Waals surface area contributed by atoms with Gasteiger partial charge in [0, 0.05) is 25.7 Å². The van der Waals surface area contributed by atoms with Gasteiger partial charge in [-0.1, -0.05) is 168 Å². The van der Waals surface area contributed by atoms with Crippen molar-refractivity contribution in [2.75, 3.05) is 0 Å². The van der Waals surface area contributed by atoms with Crippen LogP contribution >= 0.6 is 0 Å². The minimum atomic E-state index is -0.293. The maximum atomic E-state index is 12.4. The van der Waals surface area contributed by atoms with E-state index >= 15 is 0 Å². The van der Waals surface area contributed by atoms with Crippen LogP contribution in [0.25, 0.3) is 10.8 Å². The first-order chi connectivity index (χ1) is 27.9. The van der Waals surface area contributed by atoms with Crippen molar-refractivity contribution in [3.63, 3.8) is 0 Å². The van der Waals surface area contributed by atoms with Crippen molar-refractivity contribution in [1.29, 1.82) is 0 Å². The van der Waals surface area contributed by atoms with Gasteiger partial charge in [0.05, 0.1) is 0 Å². The molecule has 4 nitrogen and oxygen atoms in total. The van der Waals surface area contributed by atoms with Gasteiger partial charge in [0.15, 0.2) is 0 Å². The van der Waals surface area contributed by atoms with E-state index in [0.717, 1.165) is 83.5 Å². The summed E-state index contributed by atoms with van der Waals surface area (Å²) in [6.45, 7) is 28.6. The van der Waals surface area contributed by atoms with Crippen molar-refractivity contribution in [3.8, 4) is 23.0 Å². The maximum absolute atomic E-state index is 12.4. The van der Waals surface area contributed by atoms with Gasteiger partial charge in [-0.25, -0.2) is 0 Å². The fourth-order valence-electron chi connectivity index (χ4n) is 8.52. The fraction of sp³-hybridized carbons (Fsp3) is 0.393. The number of aromatic hydroxyl groups is 3. The highest BCUT2D eigenvalue weighted by atomic mass is 16.5. The number of benzene rings is 6. The number of ether oxygens (including phenoxy) is 1. The molecule has 0 heterocycles. The van der Waals surface area contributed by atoms with Crippen LogP contribution in [0.4, 0.5) is 0 Å². The Morgan fingerprint density at radius 2 is 0.700 bits per heavy atom. The van der Waals surface area contributed by atoms with Crippen molar-refractivity contribution in [2.24, 2.45) is 0 Å². The third-order valence-corrected chi connectivity index (χ3v) is 12.6. The van der Waals surface area contributed by atoms with Crippen molar-refractivity contribution in [2.45, 2.75) is 143 Å². The van der Waals surface area contributed by atoms with Crippen LogP contribution in [0.5, 0.6) is 23.0 Å². The first kappa shape index (κ1) is 42.9. The maximum Gasteiger partial charge on any atom is 0.127 e. The molecule has 6 aromatic carbocycles. The second kappa shape index (κ2) is 15.4. The molecule has 1 aliphatic rings. The van der Waals surface area contributed by atoms with Crippen LogP contribution in [0.3, 0.4) is 0 Å². The molecule has 7 rings (SSSR count). The van der Waals surface area contributed by atoms with Gasteiger partial charge in [-0.05, 0) is 118 Å². The normalized spacial score (nSPS) is 14.3. The fourth-order valence-corrected chi connectivity index (χ4v) is 8.52. The van der Waals surface area contributed by atoms with E-state index in [9.17, 15) is 15.3 Å². The van der Waals surface area contributed by atoms with E-state index in [2.05, 4.69) is 181 Å². The standard InChI is InChI=1S/C56H66O4/c1-33(35-19-18-34-16-14-15-17-36(34)20-35)60-52-43-23-41-29-46(54(5,6)7)27-39(50(41)58)21-37-25-45(53(2,3)4)26-38(49(37)57)22-40-28-47(55(8,9)10)30-42(51(40)59)24-44(52)32-48(31-43)56(11,12)13/h14-20,25-33,57-59H,21-24H2,1-13H3/t33-/m0/s1. The highest BCUT2D eigenvalue weighted by Gasteiger charge is 2.28. The zero-order valence-corrected chi connectivity index (χ0v) is 38.3. The zero-order chi connectivity index (χ0) is 43.7.